The Hall–Kier alpha value is -1.68. The van der Waals surface area contributed by atoms with Crippen molar-refractivity contribution in [3.63, 3.8) is 0 Å². The van der Waals surface area contributed by atoms with Gasteiger partial charge in [-0.05, 0) is 39.8 Å². The van der Waals surface area contributed by atoms with Crippen LogP contribution in [0.5, 0.6) is 0 Å². The lowest BCUT2D eigenvalue weighted by Gasteiger charge is -2.30. The molecule has 2 rings (SSSR count). The fourth-order valence-corrected chi connectivity index (χ4v) is 2.47. The summed E-state index contributed by atoms with van der Waals surface area (Å²) >= 11 is 0. The quantitative estimate of drug-likeness (QED) is 0.877. The molecule has 0 saturated carbocycles. The largest absolute Gasteiger partial charge is 0.367 e. The number of rotatable bonds is 6. The second-order valence-electron chi connectivity index (χ2n) is 5.60. The van der Waals surface area contributed by atoms with Crippen LogP contribution in [0.1, 0.15) is 27.7 Å². The Bertz CT molecular complexity index is 543. The van der Waals surface area contributed by atoms with E-state index in [0.717, 1.165) is 29.9 Å². The maximum Gasteiger partial charge on any atom is 0.145 e. The highest BCUT2D eigenvalue weighted by Gasteiger charge is 2.12. The molecule has 20 heavy (non-hydrogen) atoms. The molecule has 1 N–H and O–H groups in total. The van der Waals surface area contributed by atoms with Crippen LogP contribution in [0.25, 0.3) is 11.0 Å². The number of hydrogen-bond donors (Lipinski definition) is 1. The highest BCUT2D eigenvalue weighted by atomic mass is 15.2. The molecule has 0 bridgehead atoms. The predicted octanol–water partition coefficient (Wildman–Crippen LogP) is 3.16. The molecule has 1 aromatic carbocycles. The summed E-state index contributed by atoms with van der Waals surface area (Å²) in [5.41, 5.74) is 1.87. The maximum absolute atomic E-state index is 4.57. The molecule has 108 valence electrons. The molecule has 4 heteroatoms. The number of aromatic nitrogens is 2. The second-order valence-corrected chi connectivity index (χ2v) is 5.60. The first kappa shape index (κ1) is 14.7. The van der Waals surface area contributed by atoms with Crippen molar-refractivity contribution in [2.45, 2.75) is 39.8 Å². The molecule has 0 radical (unpaired) electrons. The molecule has 0 atom stereocenters. The van der Waals surface area contributed by atoms with Gasteiger partial charge in [-0.15, -0.1) is 0 Å². The van der Waals surface area contributed by atoms with E-state index in [1.807, 2.05) is 24.3 Å². The van der Waals surface area contributed by atoms with Gasteiger partial charge >= 0.3 is 0 Å². The molecule has 0 aliphatic rings. The van der Waals surface area contributed by atoms with Gasteiger partial charge in [0.1, 0.15) is 5.82 Å². The lowest BCUT2D eigenvalue weighted by atomic mass is 10.2. The minimum absolute atomic E-state index is 0.555. The average molecular weight is 272 g/mol. The minimum atomic E-state index is 0.555. The summed E-state index contributed by atoms with van der Waals surface area (Å²) in [6.45, 7) is 10.8. The van der Waals surface area contributed by atoms with Gasteiger partial charge in [0.25, 0.3) is 0 Å². The molecule has 0 aliphatic heterocycles. The molecule has 0 spiro atoms. The van der Waals surface area contributed by atoms with Crippen molar-refractivity contribution in [1.29, 1.82) is 0 Å². The Labute approximate surface area is 121 Å². The van der Waals surface area contributed by atoms with Crippen molar-refractivity contribution >= 4 is 16.9 Å². The van der Waals surface area contributed by atoms with Gasteiger partial charge in [0, 0.05) is 25.2 Å². The fraction of sp³-hybridized carbons (Fsp3) is 0.500. The summed E-state index contributed by atoms with van der Waals surface area (Å²) in [5, 5.41) is 3.36. The lowest BCUT2D eigenvalue weighted by molar-refractivity contribution is 0.182. The average Bonchev–Trinajstić information content (AvgIpc) is 2.42. The number of nitrogens with one attached hydrogen (secondary N) is 1. The first-order valence-corrected chi connectivity index (χ1v) is 7.29. The first-order chi connectivity index (χ1) is 9.58. The zero-order valence-corrected chi connectivity index (χ0v) is 12.8. The van der Waals surface area contributed by atoms with E-state index in [4.69, 9.17) is 0 Å². The highest BCUT2D eigenvalue weighted by molar-refractivity contribution is 5.75. The van der Waals surface area contributed by atoms with Crippen molar-refractivity contribution < 1.29 is 0 Å². The van der Waals surface area contributed by atoms with E-state index in [1.165, 1.54) is 0 Å². The monoisotopic (exact) mass is 272 g/mol. The summed E-state index contributed by atoms with van der Waals surface area (Å²) in [6.07, 6.45) is 1.80. The first-order valence-electron chi connectivity index (χ1n) is 7.29. The summed E-state index contributed by atoms with van der Waals surface area (Å²) in [7, 11) is 0. The van der Waals surface area contributed by atoms with Crippen LogP contribution in [0.15, 0.2) is 30.5 Å². The van der Waals surface area contributed by atoms with Gasteiger partial charge in [0.2, 0.25) is 0 Å². The van der Waals surface area contributed by atoms with Gasteiger partial charge in [0.15, 0.2) is 0 Å². The van der Waals surface area contributed by atoms with Gasteiger partial charge in [-0.25, -0.2) is 4.98 Å². The third kappa shape index (κ3) is 3.67. The summed E-state index contributed by atoms with van der Waals surface area (Å²) < 4.78 is 0. The number of para-hydroxylation sites is 2. The van der Waals surface area contributed by atoms with Crippen molar-refractivity contribution in [2.24, 2.45) is 0 Å². The van der Waals surface area contributed by atoms with Crippen molar-refractivity contribution in [3.05, 3.63) is 30.5 Å². The van der Waals surface area contributed by atoms with Gasteiger partial charge in [-0.1, -0.05) is 12.1 Å². The standard InChI is InChI=1S/C16H24N4/c1-12(2)20(13(3)4)10-9-17-16-11-18-14-7-5-6-8-15(14)19-16/h5-8,11-13H,9-10H2,1-4H3,(H,17,19). The number of hydrogen-bond acceptors (Lipinski definition) is 4. The molecule has 0 unspecified atom stereocenters. The van der Waals surface area contributed by atoms with Gasteiger partial charge in [-0.3, -0.25) is 9.88 Å². The predicted molar refractivity (Wildman–Crippen MR) is 85.0 cm³/mol. The molecular weight excluding hydrogens is 248 g/mol. The van der Waals surface area contributed by atoms with Crippen LogP contribution in [0.2, 0.25) is 0 Å². The number of fused-ring (bicyclic) bond motifs is 1. The normalized spacial score (nSPS) is 11.8. The Balaban J connectivity index is 1.95. The molecular formula is C16H24N4. The highest BCUT2D eigenvalue weighted by Crippen LogP contribution is 2.11. The zero-order valence-electron chi connectivity index (χ0n) is 12.8. The molecule has 2 aromatic rings. The smallest absolute Gasteiger partial charge is 0.145 e. The molecule has 0 saturated heterocycles. The van der Waals surface area contributed by atoms with Gasteiger partial charge in [-0.2, -0.15) is 0 Å². The topological polar surface area (TPSA) is 41.0 Å². The minimum Gasteiger partial charge on any atom is -0.367 e. The zero-order chi connectivity index (χ0) is 14.5. The van der Waals surface area contributed by atoms with Crippen LogP contribution in [0.3, 0.4) is 0 Å². The molecule has 0 aliphatic carbocycles. The van der Waals surface area contributed by atoms with Crippen LogP contribution in [0.4, 0.5) is 5.82 Å². The third-order valence-corrected chi connectivity index (χ3v) is 3.45. The molecule has 1 aromatic heterocycles. The van der Waals surface area contributed by atoms with Gasteiger partial charge < -0.3 is 5.32 Å². The van der Waals surface area contributed by atoms with Gasteiger partial charge in [0.05, 0.1) is 17.2 Å². The van der Waals surface area contributed by atoms with Crippen molar-refractivity contribution in [3.8, 4) is 0 Å². The SMILES string of the molecule is CC(C)N(CCNc1cnc2ccccc2n1)C(C)C. The maximum atomic E-state index is 4.57. The Morgan fingerprint density at radius 3 is 2.35 bits per heavy atom. The second kappa shape index (κ2) is 6.66. The summed E-state index contributed by atoms with van der Waals surface area (Å²) in [5.74, 6) is 0.844. The Morgan fingerprint density at radius 2 is 1.70 bits per heavy atom. The van der Waals surface area contributed by atoms with E-state index in [-0.39, 0.29) is 0 Å². The number of anilines is 1. The summed E-state index contributed by atoms with van der Waals surface area (Å²) in [6, 6.07) is 9.04. The molecule has 0 fully saturated rings. The van der Waals surface area contributed by atoms with Crippen LogP contribution in [0, 0.1) is 0 Å². The van der Waals surface area contributed by atoms with E-state index < -0.39 is 0 Å². The van der Waals surface area contributed by atoms with Crippen LogP contribution in [-0.2, 0) is 0 Å². The third-order valence-electron chi connectivity index (χ3n) is 3.45. The Kier molecular flexibility index (Phi) is 4.90. The van der Waals surface area contributed by atoms with Crippen LogP contribution >= 0.6 is 0 Å². The fourth-order valence-electron chi connectivity index (χ4n) is 2.47. The van der Waals surface area contributed by atoms with E-state index in [0.29, 0.717) is 12.1 Å². The van der Waals surface area contributed by atoms with E-state index in [1.54, 1.807) is 6.20 Å². The molecule has 1 heterocycles. The van der Waals surface area contributed by atoms with Crippen LogP contribution < -0.4 is 5.32 Å². The lowest BCUT2D eigenvalue weighted by Crippen LogP contribution is -2.40. The molecule has 4 nitrogen and oxygen atoms in total. The van der Waals surface area contributed by atoms with Crippen molar-refractivity contribution in [1.82, 2.24) is 14.9 Å². The van der Waals surface area contributed by atoms with E-state index in [9.17, 15) is 0 Å². The number of benzene rings is 1. The summed E-state index contributed by atoms with van der Waals surface area (Å²) in [4.78, 5) is 11.4. The number of nitrogens with zero attached hydrogens (tertiary/aromatic N) is 3. The Morgan fingerprint density at radius 1 is 1.05 bits per heavy atom. The van der Waals surface area contributed by atoms with Crippen molar-refractivity contribution in [2.75, 3.05) is 18.4 Å². The molecule has 0 amide bonds. The van der Waals surface area contributed by atoms with Crippen LogP contribution in [-0.4, -0.2) is 40.0 Å². The van der Waals surface area contributed by atoms with E-state index >= 15 is 0 Å². The van der Waals surface area contributed by atoms with E-state index in [2.05, 4.69) is 47.9 Å².